The van der Waals surface area contributed by atoms with Crippen molar-refractivity contribution >= 4 is 37.5 Å². The van der Waals surface area contributed by atoms with Crippen LogP contribution >= 0.6 is 11.3 Å². The Kier molecular flexibility index (Phi) is 3.38. The van der Waals surface area contributed by atoms with Crippen molar-refractivity contribution in [3.8, 4) is 0 Å². The fraction of sp³-hybridized carbons (Fsp3) is 0.182. The van der Waals surface area contributed by atoms with Crippen LogP contribution in [0.3, 0.4) is 0 Å². The summed E-state index contributed by atoms with van der Waals surface area (Å²) in [6.45, 7) is 0. The molecule has 2 aromatic rings. The van der Waals surface area contributed by atoms with E-state index in [1.54, 1.807) is 18.2 Å². The zero-order valence-corrected chi connectivity index (χ0v) is 11.0. The third kappa shape index (κ3) is 2.69. The Bertz CT molecular complexity index is 699. The normalized spacial score (nSPS) is 11.8. The third-order valence-corrected chi connectivity index (χ3v) is 4.69. The van der Waals surface area contributed by atoms with Gasteiger partial charge in [-0.2, -0.15) is 8.42 Å². The van der Waals surface area contributed by atoms with Gasteiger partial charge in [0.1, 0.15) is 10.6 Å². The second kappa shape index (κ2) is 4.68. The highest BCUT2D eigenvalue weighted by molar-refractivity contribution is 7.85. The maximum Gasteiger partial charge on any atom is 0.345 e. The van der Waals surface area contributed by atoms with Crippen molar-refractivity contribution in [3.63, 3.8) is 0 Å². The minimum absolute atomic E-state index is 0.225. The first-order valence-electron chi connectivity index (χ1n) is 4.95. The molecular formula is C11H10O5S2. The highest BCUT2D eigenvalue weighted by Crippen LogP contribution is 2.27. The molecule has 0 amide bonds. The summed E-state index contributed by atoms with van der Waals surface area (Å²) in [4.78, 5) is 11.1. The van der Waals surface area contributed by atoms with Crippen LogP contribution in [-0.4, -0.2) is 26.6 Å². The molecule has 7 heteroatoms. The minimum atomic E-state index is -3.56. The van der Waals surface area contributed by atoms with Crippen molar-refractivity contribution in [3.05, 3.63) is 34.7 Å². The van der Waals surface area contributed by atoms with Crippen LogP contribution in [0.15, 0.2) is 24.3 Å². The highest BCUT2D eigenvalue weighted by atomic mass is 32.2. The van der Waals surface area contributed by atoms with Crippen molar-refractivity contribution in [1.29, 1.82) is 0 Å². The second-order valence-corrected chi connectivity index (χ2v) is 6.48. The molecular weight excluding hydrogens is 276 g/mol. The van der Waals surface area contributed by atoms with Crippen LogP contribution in [0, 0.1) is 0 Å². The molecule has 18 heavy (non-hydrogen) atoms. The highest BCUT2D eigenvalue weighted by Gasteiger charge is 2.12. The zero-order chi connectivity index (χ0) is 13.3. The van der Waals surface area contributed by atoms with Crippen LogP contribution in [0.5, 0.6) is 0 Å². The number of carbonyl (C=O) groups is 1. The van der Waals surface area contributed by atoms with E-state index in [4.69, 9.17) is 5.11 Å². The SMILES string of the molecule is COS(=O)(=O)Cc1ccc2sc(C(=O)O)cc2c1. The van der Waals surface area contributed by atoms with Crippen LogP contribution < -0.4 is 0 Å². The number of benzene rings is 1. The molecule has 0 aliphatic heterocycles. The maximum atomic E-state index is 11.3. The van der Waals surface area contributed by atoms with Gasteiger partial charge in [-0.1, -0.05) is 6.07 Å². The molecule has 0 saturated heterocycles. The van der Waals surface area contributed by atoms with Gasteiger partial charge < -0.3 is 5.11 Å². The van der Waals surface area contributed by atoms with E-state index in [0.29, 0.717) is 5.56 Å². The topological polar surface area (TPSA) is 80.7 Å². The van der Waals surface area contributed by atoms with Crippen molar-refractivity contribution < 1.29 is 22.5 Å². The van der Waals surface area contributed by atoms with Crippen LogP contribution in [0.4, 0.5) is 0 Å². The fourth-order valence-electron chi connectivity index (χ4n) is 1.55. The Balaban J connectivity index is 2.41. The van der Waals surface area contributed by atoms with Gasteiger partial charge in [0.15, 0.2) is 0 Å². The Morgan fingerprint density at radius 2 is 2.11 bits per heavy atom. The molecule has 0 atom stereocenters. The summed E-state index contributed by atoms with van der Waals surface area (Å²) < 4.78 is 27.8. The predicted molar refractivity (Wildman–Crippen MR) is 68.4 cm³/mol. The predicted octanol–water partition coefficient (Wildman–Crippen LogP) is 2.08. The van der Waals surface area contributed by atoms with Gasteiger partial charge in [0, 0.05) is 4.70 Å². The van der Waals surface area contributed by atoms with Crippen LogP contribution in [0.25, 0.3) is 10.1 Å². The van der Waals surface area contributed by atoms with E-state index in [9.17, 15) is 13.2 Å². The molecule has 0 aliphatic rings. The Hall–Kier alpha value is -1.44. The molecule has 0 bridgehead atoms. The summed E-state index contributed by atoms with van der Waals surface area (Å²) in [6, 6.07) is 6.56. The largest absolute Gasteiger partial charge is 0.477 e. The Labute approximate surface area is 108 Å². The lowest BCUT2D eigenvalue weighted by Gasteiger charge is -2.01. The summed E-state index contributed by atoms with van der Waals surface area (Å²) in [5.41, 5.74) is 0.569. The van der Waals surface area contributed by atoms with E-state index in [2.05, 4.69) is 4.18 Å². The maximum absolute atomic E-state index is 11.3. The number of rotatable bonds is 4. The van der Waals surface area contributed by atoms with Gasteiger partial charge in [0.2, 0.25) is 0 Å². The fourth-order valence-corrected chi connectivity index (χ4v) is 3.14. The molecule has 0 fully saturated rings. The molecule has 0 radical (unpaired) electrons. The van der Waals surface area contributed by atoms with Gasteiger partial charge in [-0.15, -0.1) is 11.3 Å². The van der Waals surface area contributed by atoms with Gasteiger partial charge in [0.05, 0.1) is 7.11 Å². The van der Waals surface area contributed by atoms with E-state index in [1.165, 1.54) is 6.07 Å². The molecule has 0 unspecified atom stereocenters. The molecule has 1 N–H and O–H groups in total. The molecule has 1 heterocycles. The first kappa shape index (κ1) is 13.0. The summed E-state index contributed by atoms with van der Waals surface area (Å²) in [5, 5.41) is 9.60. The number of thiophene rings is 1. The number of fused-ring (bicyclic) bond motifs is 1. The standard InChI is InChI=1S/C11H10O5S2/c1-16-18(14,15)6-7-2-3-9-8(4-7)5-10(17-9)11(12)13/h2-5H,6H2,1H3,(H,12,13). The quantitative estimate of drug-likeness (QED) is 0.870. The van der Waals surface area contributed by atoms with Gasteiger partial charge >= 0.3 is 5.97 Å². The van der Waals surface area contributed by atoms with E-state index in [-0.39, 0.29) is 10.6 Å². The molecule has 1 aromatic carbocycles. The number of carboxylic acid groups (broad SMARTS) is 1. The smallest absolute Gasteiger partial charge is 0.345 e. The Morgan fingerprint density at radius 1 is 1.39 bits per heavy atom. The third-order valence-electron chi connectivity index (χ3n) is 2.39. The van der Waals surface area contributed by atoms with Crippen molar-refractivity contribution in [2.24, 2.45) is 0 Å². The van der Waals surface area contributed by atoms with Gasteiger partial charge in [-0.25, -0.2) is 4.79 Å². The number of hydrogen-bond acceptors (Lipinski definition) is 5. The minimum Gasteiger partial charge on any atom is -0.477 e. The van der Waals surface area contributed by atoms with Crippen molar-refractivity contribution in [2.45, 2.75) is 5.75 Å². The molecule has 1 aromatic heterocycles. The first-order chi connectivity index (χ1) is 8.41. The molecule has 0 spiro atoms. The number of aromatic carboxylic acids is 1. The molecule has 0 aliphatic carbocycles. The molecule has 2 rings (SSSR count). The van der Waals surface area contributed by atoms with Gasteiger partial charge in [-0.3, -0.25) is 4.18 Å². The zero-order valence-electron chi connectivity index (χ0n) is 9.41. The average Bonchev–Trinajstić information content (AvgIpc) is 2.71. The van der Waals surface area contributed by atoms with Crippen molar-refractivity contribution in [2.75, 3.05) is 7.11 Å². The van der Waals surface area contributed by atoms with E-state index in [0.717, 1.165) is 28.5 Å². The summed E-state index contributed by atoms with van der Waals surface area (Å²) in [6.07, 6.45) is 0. The summed E-state index contributed by atoms with van der Waals surface area (Å²) in [5.74, 6) is -1.21. The Morgan fingerprint density at radius 3 is 2.72 bits per heavy atom. The van der Waals surface area contributed by atoms with E-state index < -0.39 is 16.1 Å². The summed E-state index contributed by atoms with van der Waals surface area (Å²) in [7, 11) is -2.45. The van der Waals surface area contributed by atoms with Gasteiger partial charge in [0.25, 0.3) is 10.1 Å². The molecule has 0 saturated carbocycles. The van der Waals surface area contributed by atoms with E-state index >= 15 is 0 Å². The monoisotopic (exact) mass is 286 g/mol. The molecule has 5 nitrogen and oxygen atoms in total. The lowest BCUT2D eigenvalue weighted by molar-refractivity contribution is 0.0702. The second-order valence-electron chi connectivity index (χ2n) is 3.66. The lowest BCUT2D eigenvalue weighted by Crippen LogP contribution is -2.05. The summed E-state index contributed by atoms with van der Waals surface area (Å²) >= 11 is 1.16. The number of carboxylic acids is 1. The molecule has 96 valence electrons. The van der Waals surface area contributed by atoms with Crippen LogP contribution in [0.1, 0.15) is 15.2 Å². The van der Waals surface area contributed by atoms with Gasteiger partial charge in [-0.05, 0) is 29.1 Å². The number of hydrogen-bond donors (Lipinski definition) is 1. The van der Waals surface area contributed by atoms with Crippen LogP contribution in [0.2, 0.25) is 0 Å². The first-order valence-corrected chi connectivity index (χ1v) is 7.35. The van der Waals surface area contributed by atoms with Crippen molar-refractivity contribution in [1.82, 2.24) is 0 Å². The van der Waals surface area contributed by atoms with Crippen LogP contribution in [-0.2, 0) is 20.1 Å². The van der Waals surface area contributed by atoms with E-state index in [1.807, 2.05) is 0 Å². The average molecular weight is 286 g/mol. The lowest BCUT2D eigenvalue weighted by atomic mass is 10.2.